The highest BCUT2D eigenvalue weighted by Crippen LogP contribution is 2.40. The van der Waals surface area contributed by atoms with Crippen molar-refractivity contribution in [2.24, 2.45) is 0 Å². The number of hydrogen-bond acceptors (Lipinski definition) is 7. The number of aromatic amines is 1. The number of nitrogens with zero attached hydrogens (tertiary/aromatic N) is 4. The molecule has 8 nitrogen and oxygen atoms in total. The molecule has 8 heteroatoms. The third-order valence-electron chi connectivity index (χ3n) is 5.26. The largest absolute Gasteiger partial charge is 0.383 e. The number of nitrogens with two attached hydrogens (primary N) is 1. The summed E-state index contributed by atoms with van der Waals surface area (Å²) in [5.74, 6) is 2.31. The Kier molecular flexibility index (Phi) is 4.66. The van der Waals surface area contributed by atoms with Crippen LogP contribution in [0.4, 0.5) is 11.8 Å². The maximum absolute atomic E-state index is 6.24. The Hall–Kier alpha value is -3.68. The SMILES string of the molecule is Cc1nc(NCCc2cc(-c3ccccc3)no2)nc(N)c1-c1cc(C2CC2)n[nH]1. The molecule has 0 bridgehead atoms. The Bertz CT molecular complexity index is 1140. The Balaban J connectivity index is 1.24. The lowest BCUT2D eigenvalue weighted by Gasteiger charge is -2.10. The summed E-state index contributed by atoms with van der Waals surface area (Å²) in [5.41, 5.74) is 11.7. The van der Waals surface area contributed by atoms with E-state index in [1.165, 1.54) is 12.8 Å². The molecule has 4 aromatic rings. The van der Waals surface area contributed by atoms with Gasteiger partial charge in [0.05, 0.1) is 22.6 Å². The second-order valence-electron chi connectivity index (χ2n) is 7.59. The first kappa shape index (κ1) is 18.4. The van der Waals surface area contributed by atoms with Crippen LogP contribution >= 0.6 is 0 Å². The summed E-state index contributed by atoms with van der Waals surface area (Å²) in [4.78, 5) is 8.99. The molecule has 5 rings (SSSR count). The van der Waals surface area contributed by atoms with Gasteiger partial charge in [-0.2, -0.15) is 10.1 Å². The molecule has 1 aliphatic rings. The molecule has 0 spiro atoms. The van der Waals surface area contributed by atoms with E-state index in [0.717, 1.165) is 39.7 Å². The Labute approximate surface area is 173 Å². The van der Waals surface area contributed by atoms with E-state index in [9.17, 15) is 0 Å². The van der Waals surface area contributed by atoms with Gasteiger partial charge in [-0.1, -0.05) is 35.5 Å². The van der Waals surface area contributed by atoms with Crippen LogP contribution in [0.2, 0.25) is 0 Å². The third-order valence-corrected chi connectivity index (χ3v) is 5.26. The number of benzene rings is 1. The minimum atomic E-state index is 0.432. The summed E-state index contributed by atoms with van der Waals surface area (Å²) >= 11 is 0. The quantitative estimate of drug-likeness (QED) is 0.429. The Morgan fingerprint density at radius 3 is 2.77 bits per heavy atom. The van der Waals surface area contributed by atoms with E-state index in [0.29, 0.717) is 30.6 Å². The van der Waals surface area contributed by atoms with Gasteiger partial charge in [-0.05, 0) is 25.8 Å². The van der Waals surface area contributed by atoms with Crippen molar-refractivity contribution in [3.8, 4) is 22.5 Å². The van der Waals surface area contributed by atoms with Crippen LogP contribution in [0.25, 0.3) is 22.5 Å². The highest BCUT2D eigenvalue weighted by molar-refractivity contribution is 5.74. The van der Waals surface area contributed by atoms with Crippen LogP contribution in [0.3, 0.4) is 0 Å². The summed E-state index contributed by atoms with van der Waals surface area (Å²) < 4.78 is 5.44. The molecule has 152 valence electrons. The van der Waals surface area contributed by atoms with E-state index >= 15 is 0 Å². The molecular weight excluding hydrogens is 378 g/mol. The van der Waals surface area contributed by atoms with E-state index < -0.39 is 0 Å². The molecule has 1 fully saturated rings. The molecule has 0 saturated heterocycles. The summed E-state index contributed by atoms with van der Waals surface area (Å²) in [6, 6.07) is 14.0. The molecule has 3 aromatic heterocycles. The second kappa shape index (κ2) is 7.62. The van der Waals surface area contributed by atoms with Gasteiger partial charge in [0.25, 0.3) is 0 Å². The monoisotopic (exact) mass is 401 g/mol. The van der Waals surface area contributed by atoms with E-state index in [1.807, 2.05) is 43.3 Å². The van der Waals surface area contributed by atoms with E-state index in [1.54, 1.807) is 0 Å². The molecule has 1 aliphatic carbocycles. The number of nitrogen functional groups attached to an aromatic ring is 1. The number of nitrogens with one attached hydrogen (secondary N) is 2. The first-order valence-corrected chi connectivity index (χ1v) is 10.1. The molecule has 1 saturated carbocycles. The van der Waals surface area contributed by atoms with Crippen LogP contribution in [0, 0.1) is 6.92 Å². The number of anilines is 2. The number of aromatic nitrogens is 5. The maximum Gasteiger partial charge on any atom is 0.224 e. The van der Waals surface area contributed by atoms with Crippen LogP contribution in [-0.2, 0) is 6.42 Å². The molecule has 4 N–H and O–H groups in total. The first-order chi connectivity index (χ1) is 14.7. The van der Waals surface area contributed by atoms with Crippen molar-refractivity contribution in [1.29, 1.82) is 0 Å². The van der Waals surface area contributed by atoms with Gasteiger partial charge in [0.15, 0.2) is 0 Å². The molecule has 3 heterocycles. The molecular formula is C22H23N7O. The molecule has 1 aromatic carbocycles. The summed E-state index contributed by atoms with van der Waals surface area (Å²) in [5, 5.41) is 14.8. The zero-order valence-corrected chi connectivity index (χ0v) is 16.7. The van der Waals surface area contributed by atoms with Crippen molar-refractivity contribution >= 4 is 11.8 Å². The molecule has 0 unspecified atom stereocenters. The zero-order chi connectivity index (χ0) is 20.5. The topological polar surface area (TPSA) is 119 Å². The van der Waals surface area contributed by atoms with Gasteiger partial charge in [0.1, 0.15) is 17.3 Å². The standard InChI is InChI=1S/C22H23N7O/c1-13-20(19-12-17(27-28-19)15-7-8-15)21(23)26-22(25-13)24-10-9-16-11-18(29-30-16)14-5-3-2-4-6-14/h2-6,11-12,15H,7-10H2,1H3,(H,27,28)(H3,23,24,25,26). The van der Waals surface area contributed by atoms with Gasteiger partial charge in [-0.3, -0.25) is 5.10 Å². The zero-order valence-electron chi connectivity index (χ0n) is 16.7. The van der Waals surface area contributed by atoms with Gasteiger partial charge in [0.2, 0.25) is 5.95 Å². The van der Waals surface area contributed by atoms with Crippen molar-refractivity contribution in [2.45, 2.75) is 32.1 Å². The van der Waals surface area contributed by atoms with Crippen molar-refractivity contribution in [2.75, 3.05) is 17.6 Å². The Morgan fingerprint density at radius 1 is 1.17 bits per heavy atom. The minimum absolute atomic E-state index is 0.432. The lowest BCUT2D eigenvalue weighted by Crippen LogP contribution is -2.10. The lowest BCUT2D eigenvalue weighted by atomic mass is 10.1. The molecule has 30 heavy (non-hydrogen) atoms. The van der Waals surface area contributed by atoms with Crippen molar-refractivity contribution < 1.29 is 4.52 Å². The highest BCUT2D eigenvalue weighted by atomic mass is 16.5. The fraction of sp³-hybridized carbons (Fsp3) is 0.273. The van der Waals surface area contributed by atoms with Crippen LogP contribution in [-0.4, -0.2) is 31.9 Å². The minimum Gasteiger partial charge on any atom is -0.383 e. The van der Waals surface area contributed by atoms with Crippen LogP contribution in [0.1, 0.15) is 35.9 Å². The smallest absolute Gasteiger partial charge is 0.224 e. The molecule has 0 radical (unpaired) electrons. The van der Waals surface area contributed by atoms with Crippen LogP contribution in [0.15, 0.2) is 47.0 Å². The van der Waals surface area contributed by atoms with Crippen molar-refractivity contribution in [3.63, 3.8) is 0 Å². The predicted molar refractivity (Wildman–Crippen MR) is 115 cm³/mol. The van der Waals surface area contributed by atoms with Crippen LogP contribution in [0.5, 0.6) is 0 Å². The summed E-state index contributed by atoms with van der Waals surface area (Å²) in [6.45, 7) is 2.54. The average molecular weight is 401 g/mol. The first-order valence-electron chi connectivity index (χ1n) is 10.1. The van der Waals surface area contributed by atoms with Gasteiger partial charge < -0.3 is 15.6 Å². The Morgan fingerprint density at radius 2 is 2.00 bits per heavy atom. The fourth-order valence-electron chi connectivity index (χ4n) is 3.53. The summed E-state index contributed by atoms with van der Waals surface area (Å²) in [6.07, 6.45) is 3.07. The van der Waals surface area contributed by atoms with Gasteiger partial charge in [-0.25, -0.2) is 4.98 Å². The van der Waals surface area contributed by atoms with E-state index in [-0.39, 0.29) is 0 Å². The van der Waals surface area contributed by atoms with Gasteiger partial charge >= 0.3 is 0 Å². The van der Waals surface area contributed by atoms with Crippen molar-refractivity contribution in [1.82, 2.24) is 25.3 Å². The maximum atomic E-state index is 6.24. The van der Waals surface area contributed by atoms with Gasteiger partial charge in [0, 0.05) is 30.5 Å². The van der Waals surface area contributed by atoms with E-state index in [4.69, 9.17) is 10.3 Å². The van der Waals surface area contributed by atoms with E-state index in [2.05, 4.69) is 36.7 Å². The fourth-order valence-corrected chi connectivity index (χ4v) is 3.53. The molecule has 0 amide bonds. The third kappa shape index (κ3) is 3.76. The molecule has 0 atom stereocenters. The number of H-pyrrole nitrogens is 1. The predicted octanol–water partition coefficient (Wildman–Crippen LogP) is 3.94. The normalized spacial score (nSPS) is 13.5. The number of hydrogen-bond donors (Lipinski definition) is 3. The number of aryl methyl sites for hydroxylation is 1. The molecule has 0 aliphatic heterocycles. The highest BCUT2D eigenvalue weighted by Gasteiger charge is 2.27. The number of rotatable bonds is 7. The van der Waals surface area contributed by atoms with Gasteiger partial charge in [-0.15, -0.1) is 0 Å². The second-order valence-corrected chi connectivity index (χ2v) is 7.59. The van der Waals surface area contributed by atoms with Crippen LogP contribution < -0.4 is 11.1 Å². The van der Waals surface area contributed by atoms with Crippen molar-refractivity contribution in [3.05, 3.63) is 59.6 Å². The lowest BCUT2D eigenvalue weighted by molar-refractivity contribution is 0.387. The average Bonchev–Trinajstić information content (AvgIpc) is 3.29. The summed E-state index contributed by atoms with van der Waals surface area (Å²) in [7, 11) is 0.